The number of anilines is 1. The van der Waals surface area contributed by atoms with Gasteiger partial charge in [-0.1, -0.05) is 5.21 Å². The molecule has 0 aliphatic carbocycles. The van der Waals surface area contributed by atoms with E-state index in [-0.39, 0.29) is 17.4 Å². The first kappa shape index (κ1) is 16.7. The maximum atomic E-state index is 12.3. The van der Waals surface area contributed by atoms with Crippen molar-refractivity contribution in [1.29, 1.82) is 0 Å². The molecule has 1 aromatic heterocycles. The van der Waals surface area contributed by atoms with Crippen molar-refractivity contribution in [2.24, 2.45) is 0 Å². The van der Waals surface area contributed by atoms with Gasteiger partial charge in [-0.25, -0.2) is 4.68 Å². The average molecular weight is 316 g/mol. The SMILES string of the molecule is CCOc1ccc(NC(=O)C(C)n2nnc(C(C)=O)c2C)cc1. The fourth-order valence-corrected chi connectivity index (χ4v) is 2.19. The molecule has 1 aromatic carbocycles. The van der Waals surface area contributed by atoms with Crippen LogP contribution in [0.4, 0.5) is 5.69 Å². The maximum absolute atomic E-state index is 12.3. The molecule has 2 rings (SSSR count). The normalized spacial score (nSPS) is 11.8. The Morgan fingerprint density at radius 2 is 1.96 bits per heavy atom. The molecule has 7 nitrogen and oxygen atoms in total. The number of amides is 1. The lowest BCUT2D eigenvalue weighted by Crippen LogP contribution is -2.25. The molecule has 0 spiro atoms. The predicted octanol–water partition coefficient (Wildman–Crippen LogP) is 2.39. The Morgan fingerprint density at radius 1 is 1.30 bits per heavy atom. The number of nitrogens with one attached hydrogen (secondary N) is 1. The Balaban J connectivity index is 2.09. The molecule has 23 heavy (non-hydrogen) atoms. The molecule has 1 unspecified atom stereocenters. The molecule has 1 heterocycles. The van der Waals surface area contributed by atoms with Crippen LogP contribution in [-0.4, -0.2) is 33.3 Å². The summed E-state index contributed by atoms with van der Waals surface area (Å²) in [7, 11) is 0. The number of aromatic nitrogens is 3. The zero-order valence-electron chi connectivity index (χ0n) is 13.7. The highest BCUT2D eigenvalue weighted by atomic mass is 16.5. The second-order valence-electron chi connectivity index (χ2n) is 5.15. The van der Waals surface area contributed by atoms with E-state index in [9.17, 15) is 9.59 Å². The number of Topliss-reactive ketones (excluding diaryl/α,β-unsaturated/α-hetero) is 1. The Bertz CT molecular complexity index is 707. The minimum absolute atomic E-state index is 0.173. The Labute approximate surface area is 134 Å². The van der Waals surface area contributed by atoms with Crippen molar-refractivity contribution in [3.05, 3.63) is 35.7 Å². The Morgan fingerprint density at radius 3 is 2.48 bits per heavy atom. The van der Waals surface area contributed by atoms with E-state index < -0.39 is 6.04 Å². The van der Waals surface area contributed by atoms with Gasteiger partial charge in [0.05, 0.1) is 12.3 Å². The molecular weight excluding hydrogens is 296 g/mol. The molecule has 122 valence electrons. The van der Waals surface area contributed by atoms with Gasteiger partial charge in [-0.05, 0) is 45.0 Å². The summed E-state index contributed by atoms with van der Waals surface area (Å²) in [4.78, 5) is 23.8. The number of nitrogens with zero attached hydrogens (tertiary/aromatic N) is 3. The van der Waals surface area contributed by atoms with Crippen molar-refractivity contribution in [2.45, 2.75) is 33.7 Å². The summed E-state index contributed by atoms with van der Waals surface area (Å²) >= 11 is 0. The number of ketones is 1. The second kappa shape index (κ2) is 7.04. The van der Waals surface area contributed by atoms with E-state index in [0.29, 0.717) is 18.0 Å². The van der Waals surface area contributed by atoms with Gasteiger partial charge in [0.15, 0.2) is 11.5 Å². The van der Waals surface area contributed by atoms with Crippen LogP contribution in [0.5, 0.6) is 5.75 Å². The zero-order chi connectivity index (χ0) is 17.0. The minimum Gasteiger partial charge on any atom is -0.494 e. The topological polar surface area (TPSA) is 86.1 Å². The van der Waals surface area contributed by atoms with E-state index in [0.717, 1.165) is 5.75 Å². The van der Waals surface area contributed by atoms with Gasteiger partial charge < -0.3 is 10.1 Å². The highest BCUT2D eigenvalue weighted by molar-refractivity contribution is 5.95. The molecule has 1 atom stereocenters. The van der Waals surface area contributed by atoms with Crippen molar-refractivity contribution in [1.82, 2.24) is 15.0 Å². The summed E-state index contributed by atoms with van der Waals surface area (Å²) in [5, 5.41) is 10.5. The molecule has 0 aliphatic rings. The number of carbonyl (C=O) groups excluding carboxylic acids is 2. The third-order valence-electron chi connectivity index (χ3n) is 3.44. The number of benzene rings is 1. The van der Waals surface area contributed by atoms with Gasteiger partial charge in [-0.3, -0.25) is 9.59 Å². The van der Waals surface area contributed by atoms with Crippen LogP contribution in [0, 0.1) is 6.92 Å². The summed E-state index contributed by atoms with van der Waals surface area (Å²) in [6.07, 6.45) is 0. The fraction of sp³-hybridized carbons (Fsp3) is 0.375. The number of hydrogen-bond donors (Lipinski definition) is 1. The third-order valence-corrected chi connectivity index (χ3v) is 3.44. The molecule has 0 aliphatic heterocycles. The van der Waals surface area contributed by atoms with Crippen LogP contribution in [0.1, 0.15) is 43.0 Å². The van der Waals surface area contributed by atoms with Gasteiger partial charge in [0.1, 0.15) is 11.8 Å². The van der Waals surface area contributed by atoms with Crippen molar-refractivity contribution in [2.75, 3.05) is 11.9 Å². The number of carbonyl (C=O) groups is 2. The van der Waals surface area contributed by atoms with Crippen molar-refractivity contribution in [3.63, 3.8) is 0 Å². The first-order valence-corrected chi connectivity index (χ1v) is 7.40. The van der Waals surface area contributed by atoms with Gasteiger partial charge >= 0.3 is 0 Å². The van der Waals surface area contributed by atoms with Crippen LogP contribution in [0.15, 0.2) is 24.3 Å². The lowest BCUT2D eigenvalue weighted by atomic mass is 10.2. The summed E-state index contributed by atoms with van der Waals surface area (Å²) in [5.41, 5.74) is 1.52. The predicted molar refractivity (Wildman–Crippen MR) is 85.7 cm³/mol. The monoisotopic (exact) mass is 316 g/mol. The van der Waals surface area contributed by atoms with Gasteiger partial charge in [-0.2, -0.15) is 0 Å². The fourth-order valence-electron chi connectivity index (χ4n) is 2.19. The number of rotatable bonds is 6. The molecule has 2 aromatic rings. The van der Waals surface area contributed by atoms with Gasteiger partial charge in [0, 0.05) is 12.6 Å². The van der Waals surface area contributed by atoms with E-state index in [2.05, 4.69) is 15.6 Å². The van der Waals surface area contributed by atoms with Crippen LogP contribution < -0.4 is 10.1 Å². The van der Waals surface area contributed by atoms with E-state index in [1.54, 1.807) is 38.1 Å². The quantitative estimate of drug-likeness (QED) is 0.827. The number of ether oxygens (including phenoxy) is 1. The van der Waals surface area contributed by atoms with Gasteiger partial charge in [0.25, 0.3) is 0 Å². The van der Waals surface area contributed by atoms with E-state index in [1.807, 2.05) is 6.92 Å². The molecule has 0 bridgehead atoms. The maximum Gasteiger partial charge on any atom is 0.249 e. The lowest BCUT2D eigenvalue weighted by molar-refractivity contribution is -0.119. The van der Waals surface area contributed by atoms with E-state index in [1.165, 1.54) is 11.6 Å². The standard InChI is InChI=1S/C16H20N4O3/c1-5-23-14-8-6-13(7-9-14)17-16(22)11(3)20-10(2)15(12(4)21)18-19-20/h6-9,11H,5H2,1-4H3,(H,17,22). The minimum atomic E-state index is -0.581. The van der Waals surface area contributed by atoms with Crippen LogP contribution in [0.2, 0.25) is 0 Å². The molecule has 7 heteroatoms. The summed E-state index contributed by atoms with van der Waals surface area (Å²) in [5.74, 6) is 0.335. The molecular formula is C16H20N4O3. The summed E-state index contributed by atoms with van der Waals surface area (Å²) in [6.45, 7) is 7.35. The Hall–Kier alpha value is -2.70. The van der Waals surface area contributed by atoms with E-state index >= 15 is 0 Å². The van der Waals surface area contributed by atoms with Gasteiger partial charge in [0.2, 0.25) is 5.91 Å². The average Bonchev–Trinajstić information content (AvgIpc) is 2.90. The summed E-state index contributed by atoms with van der Waals surface area (Å²) in [6, 6.07) is 6.54. The molecule has 1 amide bonds. The lowest BCUT2D eigenvalue weighted by Gasteiger charge is -2.14. The largest absolute Gasteiger partial charge is 0.494 e. The van der Waals surface area contributed by atoms with E-state index in [4.69, 9.17) is 4.74 Å². The van der Waals surface area contributed by atoms with Crippen LogP contribution >= 0.6 is 0 Å². The highest BCUT2D eigenvalue weighted by Gasteiger charge is 2.21. The van der Waals surface area contributed by atoms with Crippen molar-refractivity contribution >= 4 is 17.4 Å². The molecule has 0 radical (unpaired) electrons. The molecule has 1 N–H and O–H groups in total. The second-order valence-corrected chi connectivity index (χ2v) is 5.15. The van der Waals surface area contributed by atoms with Crippen LogP contribution in [0.25, 0.3) is 0 Å². The number of hydrogen-bond acceptors (Lipinski definition) is 5. The van der Waals surface area contributed by atoms with Crippen LogP contribution in [-0.2, 0) is 4.79 Å². The molecule has 0 saturated heterocycles. The van der Waals surface area contributed by atoms with Crippen molar-refractivity contribution < 1.29 is 14.3 Å². The zero-order valence-corrected chi connectivity index (χ0v) is 13.7. The summed E-state index contributed by atoms with van der Waals surface area (Å²) < 4.78 is 6.80. The molecule has 0 fully saturated rings. The molecule has 0 saturated carbocycles. The third kappa shape index (κ3) is 3.74. The Kier molecular flexibility index (Phi) is 5.10. The van der Waals surface area contributed by atoms with Crippen molar-refractivity contribution in [3.8, 4) is 5.75 Å². The first-order chi connectivity index (χ1) is 10.9. The smallest absolute Gasteiger partial charge is 0.249 e. The van der Waals surface area contributed by atoms with Gasteiger partial charge in [-0.15, -0.1) is 5.10 Å². The first-order valence-electron chi connectivity index (χ1n) is 7.40. The highest BCUT2D eigenvalue weighted by Crippen LogP contribution is 2.18. The van der Waals surface area contributed by atoms with Crippen LogP contribution in [0.3, 0.4) is 0 Å².